The molecule has 4 heteroatoms. The number of amides is 1. The molecule has 2 heterocycles. The number of benzene rings is 2. The first-order valence-corrected chi connectivity index (χ1v) is 9.74. The van der Waals surface area contributed by atoms with E-state index in [4.69, 9.17) is 0 Å². The molecule has 4 rings (SSSR count). The fourth-order valence-corrected chi connectivity index (χ4v) is 4.97. The van der Waals surface area contributed by atoms with E-state index in [9.17, 15) is 9.18 Å². The van der Waals surface area contributed by atoms with Gasteiger partial charge in [-0.3, -0.25) is 9.69 Å². The zero-order valence-electron chi connectivity index (χ0n) is 16.3. The third-order valence-electron chi connectivity index (χ3n) is 6.28. The van der Waals surface area contributed by atoms with E-state index in [2.05, 4.69) is 41.0 Å². The summed E-state index contributed by atoms with van der Waals surface area (Å²) in [5, 5.41) is 0. The molecule has 3 atom stereocenters. The van der Waals surface area contributed by atoms with E-state index in [-0.39, 0.29) is 17.8 Å². The molecule has 0 aromatic heterocycles. The van der Waals surface area contributed by atoms with Gasteiger partial charge in [0.2, 0.25) is 5.91 Å². The van der Waals surface area contributed by atoms with Crippen LogP contribution in [0.5, 0.6) is 0 Å². The summed E-state index contributed by atoms with van der Waals surface area (Å²) in [5.41, 5.74) is 4.39. The Morgan fingerprint density at radius 2 is 1.85 bits per heavy atom. The Kier molecular flexibility index (Phi) is 4.77. The van der Waals surface area contributed by atoms with Crippen molar-refractivity contribution in [2.45, 2.75) is 33.4 Å². The van der Waals surface area contributed by atoms with E-state index >= 15 is 0 Å². The van der Waals surface area contributed by atoms with Crippen molar-refractivity contribution in [3.63, 3.8) is 0 Å². The van der Waals surface area contributed by atoms with Gasteiger partial charge in [0, 0.05) is 39.0 Å². The van der Waals surface area contributed by atoms with Crippen LogP contribution in [-0.2, 0) is 11.3 Å². The molecule has 2 aliphatic heterocycles. The topological polar surface area (TPSA) is 23.6 Å². The fourth-order valence-electron chi connectivity index (χ4n) is 4.97. The van der Waals surface area contributed by atoms with Gasteiger partial charge in [0.25, 0.3) is 0 Å². The van der Waals surface area contributed by atoms with Crippen LogP contribution in [0.2, 0.25) is 0 Å². The molecule has 3 nitrogen and oxygen atoms in total. The van der Waals surface area contributed by atoms with Gasteiger partial charge >= 0.3 is 0 Å². The number of hydrogen-bond donors (Lipinski definition) is 0. The molecule has 27 heavy (non-hydrogen) atoms. The molecule has 0 radical (unpaired) electrons. The van der Waals surface area contributed by atoms with E-state index in [0.717, 1.165) is 31.7 Å². The monoisotopic (exact) mass is 366 g/mol. The number of rotatable bonds is 3. The Bertz CT molecular complexity index is 865. The average molecular weight is 366 g/mol. The second-order valence-electron chi connectivity index (χ2n) is 8.17. The van der Waals surface area contributed by atoms with Gasteiger partial charge < -0.3 is 4.90 Å². The number of halogens is 1. The minimum absolute atomic E-state index is 0.145. The minimum atomic E-state index is -0.145. The van der Waals surface area contributed by atoms with Crippen molar-refractivity contribution in [2.75, 3.05) is 19.6 Å². The number of hydrogen-bond acceptors (Lipinski definition) is 2. The van der Waals surface area contributed by atoms with Crippen LogP contribution in [0.15, 0.2) is 42.5 Å². The van der Waals surface area contributed by atoms with Crippen molar-refractivity contribution in [3.05, 3.63) is 70.5 Å². The van der Waals surface area contributed by atoms with Gasteiger partial charge in [-0.1, -0.05) is 36.4 Å². The zero-order chi connectivity index (χ0) is 19.1. The summed E-state index contributed by atoms with van der Waals surface area (Å²) in [5.74, 6) is 0.976. The van der Waals surface area contributed by atoms with Crippen molar-refractivity contribution in [2.24, 2.45) is 11.8 Å². The van der Waals surface area contributed by atoms with Gasteiger partial charge in [-0.15, -0.1) is 0 Å². The van der Waals surface area contributed by atoms with Crippen molar-refractivity contribution >= 4 is 5.91 Å². The largest absolute Gasteiger partial charge is 0.335 e. The highest BCUT2D eigenvalue weighted by atomic mass is 19.1. The van der Waals surface area contributed by atoms with Crippen LogP contribution in [0, 0.1) is 31.5 Å². The van der Waals surface area contributed by atoms with Crippen LogP contribution >= 0.6 is 0 Å². The van der Waals surface area contributed by atoms with Crippen molar-refractivity contribution in [3.8, 4) is 0 Å². The Morgan fingerprint density at radius 1 is 1.07 bits per heavy atom. The number of carbonyl (C=O) groups is 1. The lowest BCUT2D eigenvalue weighted by Crippen LogP contribution is -2.34. The first-order chi connectivity index (χ1) is 12.9. The zero-order valence-corrected chi connectivity index (χ0v) is 16.3. The number of aryl methyl sites for hydroxylation is 2. The summed E-state index contributed by atoms with van der Waals surface area (Å²) in [6.07, 6.45) is 0. The lowest BCUT2D eigenvalue weighted by molar-refractivity contribution is -0.130. The Labute approximate surface area is 160 Å². The molecule has 2 aromatic rings. The molecule has 0 aliphatic carbocycles. The maximum absolute atomic E-state index is 13.5. The lowest BCUT2D eigenvalue weighted by Gasteiger charge is -2.30. The molecular formula is C23H27FN2O. The van der Waals surface area contributed by atoms with Crippen LogP contribution in [0.1, 0.15) is 35.2 Å². The van der Waals surface area contributed by atoms with Gasteiger partial charge in [-0.05, 0) is 48.1 Å². The molecule has 142 valence electrons. The second kappa shape index (κ2) is 7.08. The lowest BCUT2D eigenvalue weighted by atomic mass is 9.87. The first-order valence-electron chi connectivity index (χ1n) is 9.74. The van der Waals surface area contributed by atoms with Crippen molar-refractivity contribution < 1.29 is 9.18 Å². The number of nitrogens with zero attached hydrogens (tertiary/aromatic N) is 2. The van der Waals surface area contributed by atoms with E-state index in [1.165, 1.54) is 11.1 Å². The van der Waals surface area contributed by atoms with Crippen LogP contribution in [0.25, 0.3) is 0 Å². The van der Waals surface area contributed by atoms with Gasteiger partial charge in [-0.25, -0.2) is 4.39 Å². The van der Waals surface area contributed by atoms with E-state index in [1.807, 2.05) is 19.1 Å². The fraction of sp³-hybridized carbons (Fsp3) is 0.435. The van der Waals surface area contributed by atoms with Crippen LogP contribution in [0.4, 0.5) is 4.39 Å². The molecule has 1 amide bonds. The number of fused-ring (bicyclic) bond motifs is 1. The number of likely N-dealkylation sites (tertiary alicyclic amines) is 2. The Morgan fingerprint density at radius 3 is 2.56 bits per heavy atom. The maximum atomic E-state index is 13.5. The minimum Gasteiger partial charge on any atom is -0.335 e. The summed E-state index contributed by atoms with van der Waals surface area (Å²) in [7, 11) is 0. The average Bonchev–Trinajstić information content (AvgIpc) is 3.16. The molecule has 2 fully saturated rings. The third-order valence-corrected chi connectivity index (χ3v) is 6.28. The molecule has 0 N–H and O–H groups in total. The van der Waals surface area contributed by atoms with E-state index < -0.39 is 0 Å². The van der Waals surface area contributed by atoms with Crippen molar-refractivity contribution in [1.82, 2.24) is 9.80 Å². The predicted molar refractivity (Wildman–Crippen MR) is 105 cm³/mol. The SMILES string of the molecule is CC(=O)N1C[C@H]2CN(Cc3ccc(F)c(C)c3)C[C@H]2[C@H]1c1ccccc1C. The summed E-state index contributed by atoms with van der Waals surface area (Å²) in [6, 6.07) is 14.0. The molecule has 2 aliphatic rings. The van der Waals surface area contributed by atoms with E-state index in [0.29, 0.717) is 17.4 Å². The highest BCUT2D eigenvalue weighted by Crippen LogP contribution is 2.46. The third kappa shape index (κ3) is 3.39. The van der Waals surface area contributed by atoms with Gasteiger partial charge in [-0.2, -0.15) is 0 Å². The molecule has 2 saturated heterocycles. The molecule has 2 aromatic carbocycles. The summed E-state index contributed by atoms with van der Waals surface area (Å²) >= 11 is 0. The molecular weight excluding hydrogens is 339 g/mol. The molecule has 0 spiro atoms. The summed E-state index contributed by atoms with van der Waals surface area (Å²) in [4.78, 5) is 16.8. The molecule has 0 saturated carbocycles. The van der Waals surface area contributed by atoms with Gasteiger partial charge in [0.15, 0.2) is 0 Å². The molecule has 0 unspecified atom stereocenters. The normalized spacial score (nSPS) is 25.0. The van der Waals surface area contributed by atoms with Crippen LogP contribution < -0.4 is 0 Å². The summed E-state index contributed by atoms with van der Waals surface area (Å²) < 4.78 is 13.5. The maximum Gasteiger partial charge on any atom is 0.219 e. The smallest absolute Gasteiger partial charge is 0.219 e. The first kappa shape index (κ1) is 18.2. The van der Waals surface area contributed by atoms with Gasteiger partial charge in [0.05, 0.1) is 6.04 Å². The van der Waals surface area contributed by atoms with Gasteiger partial charge in [0.1, 0.15) is 5.82 Å². The molecule has 0 bridgehead atoms. The van der Waals surface area contributed by atoms with Crippen LogP contribution in [0.3, 0.4) is 0 Å². The number of carbonyl (C=O) groups excluding carboxylic acids is 1. The van der Waals surface area contributed by atoms with Crippen LogP contribution in [-0.4, -0.2) is 35.3 Å². The summed E-state index contributed by atoms with van der Waals surface area (Å²) in [6.45, 7) is 9.28. The quantitative estimate of drug-likeness (QED) is 0.817. The van der Waals surface area contributed by atoms with Crippen molar-refractivity contribution in [1.29, 1.82) is 0 Å². The second-order valence-corrected chi connectivity index (χ2v) is 8.17. The highest BCUT2D eigenvalue weighted by molar-refractivity contribution is 5.74. The van der Waals surface area contributed by atoms with E-state index in [1.54, 1.807) is 13.0 Å². The highest BCUT2D eigenvalue weighted by Gasteiger charge is 2.48. The Hall–Kier alpha value is -2.20. The predicted octanol–water partition coefficient (Wildman–Crippen LogP) is 4.09. The Balaban J connectivity index is 1.56. The standard InChI is InChI=1S/C23H27FN2O/c1-15-6-4-5-7-20(15)23-21-14-25(12-19(21)13-26(23)17(3)27)11-18-8-9-22(24)16(2)10-18/h4-10,19,21,23H,11-14H2,1-3H3/t19-,21-,23-/m1/s1.